The molecular formula is C23H27N7O2. The summed E-state index contributed by atoms with van der Waals surface area (Å²) in [6.07, 6.45) is 0. The Balaban J connectivity index is 1.75. The van der Waals surface area contributed by atoms with E-state index in [1.54, 1.807) is 7.11 Å². The van der Waals surface area contributed by atoms with Crippen LogP contribution in [0.15, 0.2) is 28.0 Å². The Kier molecular flexibility index (Phi) is 4.59. The van der Waals surface area contributed by atoms with Gasteiger partial charge in [0.1, 0.15) is 34.6 Å². The maximum Gasteiger partial charge on any atom is 0.145 e. The summed E-state index contributed by atoms with van der Waals surface area (Å²) in [6.45, 7) is 9.98. The van der Waals surface area contributed by atoms with Gasteiger partial charge in [0, 0.05) is 29.6 Å². The van der Waals surface area contributed by atoms with E-state index in [2.05, 4.69) is 45.8 Å². The minimum absolute atomic E-state index is 0.251. The van der Waals surface area contributed by atoms with Gasteiger partial charge in [0.15, 0.2) is 0 Å². The minimum atomic E-state index is 0.251. The van der Waals surface area contributed by atoms with E-state index in [0.717, 1.165) is 61.9 Å². The van der Waals surface area contributed by atoms with Crippen LogP contribution in [0.1, 0.15) is 31.1 Å². The summed E-state index contributed by atoms with van der Waals surface area (Å²) in [6, 6.07) is 4.35. The number of aromatic nitrogens is 4. The van der Waals surface area contributed by atoms with Gasteiger partial charge in [-0.25, -0.2) is 15.4 Å². The summed E-state index contributed by atoms with van der Waals surface area (Å²) in [5, 5.41) is 11.5. The van der Waals surface area contributed by atoms with Gasteiger partial charge in [-0.1, -0.05) is 5.16 Å². The van der Waals surface area contributed by atoms with Crippen LogP contribution < -0.4 is 15.5 Å². The fourth-order valence-electron chi connectivity index (χ4n) is 4.47. The van der Waals surface area contributed by atoms with Crippen LogP contribution in [0.5, 0.6) is 5.75 Å². The number of hydrogen-bond donors (Lipinski definition) is 3. The monoisotopic (exact) mass is 433 g/mol. The third kappa shape index (κ3) is 3.00. The Morgan fingerprint density at radius 1 is 1.16 bits per heavy atom. The third-order valence-electron chi connectivity index (χ3n) is 6.17. The van der Waals surface area contributed by atoms with Crippen LogP contribution in [0.3, 0.4) is 0 Å². The summed E-state index contributed by atoms with van der Waals surface area (Å²) in [7, 11) is 3.67. The molecule has 3 aromatic heterocycles. The normalized spacial score (nSPS) is 16.6. The molecule has 0 spiro atoms. The maximum atomic E-state index is 5.78. The quantitative estimate of drug-likeness (QED) is 0.440. The number of ether oxygens (including phenoxy) is 1. The molecule has 0 aliphatic carbocycles. The molecule has 9 nitrogen and oxygen atoms in total. The summed E-state index contributed by atoms with van der Waals surface area (Å²) < 4.78 is 11.2. The lowest BCUT2D eigenvalue weighted by atomic mass is 10.0. The van der Waals surface area contributed by atoms with E-state index >= 15 is 0 Å². The lowest BCUT2D eigenvalue weighted by molar-refractivity contribution is 0.317. The molecule has 3 N–H and O–H groups in total. The topological polar surface area (TPSA) is 104 Å². The molecule has 1 aromatic carbocycles. The predicted octanol–water partition coefficient (Wildman–Crippen LogP) is 4.18. The van der Waals surface area contributed by atoms with Crippen molar-refractivity contribution < 1.29 is 9.26 Å². The number of hydrazine groups is 1. The van der Waals surface area contributed by atoms with Crippen molar-refractivity contribution in [3.05, 3.63) is 40.8 Å². The van der Waals surface area contributed by atoms with E-state index in [-0.39, 0.29) is 6.04 Å². The van der Waals surface area contributed by atoms with E-state index < -0.39 is 0 Å². The minimum Gasteiger partial charge on any atom is -0.496 e. The summed E-state index contributed by atoms with van der Waals surface area (Å²) in [4.78, 5) is 12.9. The number of hydrogen-bond acceptors (Lipinski definition) is 8. The molecule has 4 aromatic rings. The number of aryl methyl sites for hydroxylation is 3. The highest BCUT2D eigenvalue weighted by Gasteiger charge is 2.25. The maximum absolute atomic E-state index is 5.78. The van der Waals surface area contributed by atoms with Crippen molar-refractivity contribution in [2.24, 2.45) is 0 Å². The zero-order chi connectivity index (χ0) is 22.7. The highest BCUT2D eigenvalue weighted by atomic mass is 16.5. The summed E-state index contributed by atoms with van der Waals surface area (Å²) >= 11 is 0. The number of benzene rings is 1. The summed E-state index contributed by atoms with van der Waals surface area (Å²) in [5.41, 5.74) is 9.01. The largest absolute Gasteiger partial charge is 0.496 e. The van der Waals surface area contributed by atoms with E-state index in [1.807, 2.05) is 38.9 Å². The molecule has 1 unspecified atom stereocenters. The first-order valence-electron chi connectivity index (χ1n) is 10.6. The van der Waals surface area contributed by atoms with Crippen molar-refractivity contribution in [3.63, 3.8) is 0 Å². The molecule has 1 aliphatic rings. The first-order valence-corrected chi connectivity index (χ1v) is 10.6. The van der Waals surface area contributed by atoms with E-state index in [0.29, 0.717) is 5.82 Å². The molecule has 166 valence electrons. The Bertz CT molecular complexity index is 1380. The van der Waals surface area contributed by atoms with Crippen molar-refractivity contribution in [3.8, 4) is 16.9 Å². The van der Waals surface area contributed by atoms with Gasteiger partial charge in [0.05, 0.1) is 23.8 Å². The highest BCUT2D eigenvalue weighted by Crippen LogP contribution is 2.41. The molecule has 0 fully saturated rings. The Hall–Kier alpha value is -3.59. The third-order valence-corrected chi connectivity index (χ3v) is 6.17. The SMILES string of the molecule is COc1cc2c(cc1-c1c(C)noc1C)[nH]c1nc(C)nc(NC3=C(C)C(C)NN3C)c12. The van der Waals surface area contributed by atoms with Gasteiger partial charge in [-0.15, -0.1) is 0 Å². The standard InChI is InChI=1S/C23H27N7O2/c1-10-11(2)28-30(6)23(10)27-22-20-15-9-18(31-7)16(19-12(3)29-32-13(19)4)8-17(15)26-21(20)24-14(5)25-22/h8-9,11,28H,1-7H3,(H2,24,25,26,27). The molecule has 0 saturated heterocycles. The molecule has 9 heteroatoms. The van der Waals surface area contributed by atoms with Crippen LogP contribution >= 0.6 is 0 Å². The number of methoxy groups -OCH3 is 1. The number of H-pyrrole nitrogens is 1. The Labute approximate surface area is 185 Å². The molecule has 0 radical (unpaired) electrons. The zero-order valence-corrected chi connectivity index (χ0v) is 19.3. The molecule has 5 rings (SSSR count). The second-order valence-electron chi connectivity index (χ2n) is 8.33. The number of nitrogens with zero attached hydrogens (tertiary/aromatic N) is 4. The van der Waals surface area contributed by atoms with Crippen molar-refractivity contribution in [2.75, 3.05) is 19.5 Å². The average Bonchev–Trinajstić information content (AvgIpc) is 3.35. The van der Waals surface area contributed by atoms with Crippen molar-refractivity contribution in [1.82, 2.24) is 30.5 Å². The number of anilines is 1. The number of nitrogens with one attached hydrogen (secondary N) is 3. The lowest BCUT2D eigenvalue weighted by Gasteiger charge is -2.19. The fourth-order valence-corrected chi connectivity index (χ4v) is 4.47. The van der Waals surface area contributed by atoms with Gasteiger partial charge < -0.3 is 19.6 Å². The number of aromatic amines is 1. The zero-order valence-electron chi connectivity index (χ0n) is 19.3. The van der Waals surface area contributed by atoms with Gasteiger partial charge in [-0.3, -0.25) is 5.01 Å². The smallest absolute Gasteiger partial charge is 0.145 e. The average molecular weight is 434 g/mol. The first-order chi connectivity index (χ1) is 15.3. The fraction of sp³-hybridized carbons (Fsp3) is 0.348. The van der Waals surface area contributed by atoms with Crippen LogP contribution in [0, 0.1) is 20.8 Å². The van der Waals surface area contributed by atoms with Gasteiger partial charge in [0.25, 0.3) is 0 Å². The van der Waals surface area contributed by atoms with Crippen LogP contribution in [-0.4, -0.2) is 45.3 Å². The highest BCUT2D eigenvalue weighted by molar-refractivity contribution is 6.13. The number of rotatable bonds is 4. The molecule has 4 heterocycles. The summed E-state index contributed by atoms with van der Waals surface area (Å²) in [5.74, 6) is 3.92. The second kappa shape index (κ2) is 7.23. The van der Waals surface area contributed by atoms with E-state index in [4.69, 9.17) is 14.2 Å². The second-order valence-corrected chi connectivity index (χ2v) is 8.33. The molecule has 0 bridgehead atoms. The van der Waals surface area contributed by atoms with Crippen LogP contribution in [0.25, 0.3) is 33.1 Å². The van der Waals surface area contributed by atoms with Gasteiger partial charge in [-0.2, -0.15) is 0 Å². The molecular weight excluding hydrogens is 406 g/mol. The van der Waals surface area contributed by atoms with Crippen molar-refractivity contribution in [1.29, 1.82) is 0 Å². The molecule has 0 saturated carbocycles. The predicted molar refractivity (Wildman–Crippen MR) is 124 cm³/mol. The van der Waals surface area contributed by atoms with E-state index in [9.17, 15) is 0 Å². The molecule has 1 aliphatic heterocycles. The Morgan fingerprint density at radius 3 is 2.56 bits per heavy atom. The van der Waals surface area contributed by atoms with Crippen molar-refractivity contribution in [2.45, 2.75) is 40.7 Å². The van der Waals surface area contributed by atoms with Crippen LogP contribution in [0.4, 0.5) is 5.82 Å². The number of fused-ring (bicyclic) bond motifs is 3. The van der Waals surface area contributed by atoms with Gasteiger partial charge in [-0.05, 0) is 52.3 Å². The molecule has 32 heavy (non-hydrogen) atoms. The Morgan fingerprint density at radius 2 is 1.94 bits per heavy atom. The van der Waals surface area contributed by atoms with Crippen molar-refractivity contribution >= 4 is 27.8 Å². The van der Waals surface area contributed by atoms with Crippen LogP contribution in [0.2, 0.25) is 0 Å². The molecule has 1 atom stereocenters. The van der Waals surface area contributed by atoms with Crippen LogP contribution in [-0.2, 0) is 0 Å². The molecule has 0 amide bonds. The lowest BCUT2D eigenvalue weighted by Crippen LogP contribution is -2.34. The van der Waals surface area contributed by atoms with Gasteiger partial charge in [0.2, 0.25) is 0 Å². The first kappa shape index (κ1) is 20.3. The van der Waals surface area contributed by atoms with Gasteiger partial charge >= 0.3 is 0 Å². The van der Waals surface area contributed by atoms with E-state index in [1.165, 1.54) is 5.57 Å².